The number of hydrogen-bond acceptors (Lipinski definition) is 3. The summed E-state index contributed by atoms with van der Waals surface area (Å²) in [6.45, 7) is 0. The van der Waals surface area contributed by atoms with E-state index in [1.165, 1.54) is 12.8 Å². The van der Waals surface area contributed by atoms with Crippen LogP contribution in [0.4, 0.5) is 0 Å². The van der Waals surface area contributed by atoms with Gasteiger partial charge < -0.3 is 9.47 Å². The van der Waals surface area contributed by atoms with Crippen molar-refractivity contribution in [3.63, 3.8) is 0 Å². The lowest BCUT2D eigenvalue weighted by atomic mass is 9.95. The van der Waals surface area contributed by atoms with Crippen LogP contribution in [0.5, 0.6) is 0 Å². The summed E-state index contributed by atoms with van der Waals surface area (Å²) in [4.78, 5) is 11.5. The average Bonchev–Trinajstić information content (AvgIpc) is 3.11. The van der Waals surface area contributed by atoms with Crippen LogP contribution >= 0.6 is 0 Å². The molecule has 0 radical (unpaired) electrons. The minimum Gasteiger partial charge on any atom is -0.459 e. The molecule has 3 nitrogen and oxygen atoms in total. The molecule has 0 heterocycles. The minimum absolute atomic E-state index is 0.0998. The second-order valence-electron chi connectivity index (χ2n) is 4.77. The highest BCUT2D eigenvalue weighted by Crippen LogP contribution is 2.30. The topological polar surface area (TPSA) is 35.5 Å². The van der Waals surface area contributed by atoms with E-state index in [2.05, 4.69) is 0 Å². The highest BCUT2D eigenvalue weighted by Gasteiger charge is 2.23. The van der Waals surface area contributed by atoms with Crippen LogP contribution in [0.25, 0.3) is 0 Å². The van der Waals surface area contributed by atoms with Crippen LogP contribution in [-0.2, 0) is 14.3 Å². The summed E-state index contributed by atoms with van der Waals surface area (Å²) in [7, 11) is 1.75. The van der Waals surface area contributed by atoms with Crippen molar-refractivity contribution in [2.75, 3.05) is 7.11 Å². The Labute approximate surface area is 96.8 Å². The molecule has 0 atom stereocenters. The van der Waals surface area contributed by atoms with Crippen LogP contribution < -0.4 is 0 Å². The number of hydrogen-bond donors (Lipinski definition) is 0. The van der Waals surface area contributed by atoms with E-state index < -0.39 is 0 Å². The zero-order valence-corrected chi connectivity index (χ0v) is 9.85. The summed E-state index contributed by atoms with van der Waals surface area (Å²) in [5.41, 5.74) is 0. The molecule has 2 saturated carbocycles. The molecule has 2 fully saturated rings. The monoisotopic (exact) mass is 224 g/mol. The Kier molecular flexibility index (Phi) is 3.99. The van der Waals surface area contributed by atoms with Gasteiger partial charge in [0.25, 0.3) is 0 Å². The van der Waals surface area contributed by atoms with Gasteiger partial charge in [-0.05, 0) is 44.4 Å². The molecule has 0 aliphatic heterocycles. The van der Waals surface area contributed by atoms with E-state index in [1.54, 1.807) is 13.2 Å². The third-order valence-electron chi connectivity index (χ3n) is 3.36. The zero-order chi connectivity index (χ0) is 11.4. The van der Waals surface area contributed by atoms with Gasteiger partial charge in [0, 0.05) is 13.2 Å². The fourth-order valence-electron chi connectivity index (χ4n) is 2.09. The molecule has 0 spiro atoms. The maximum absolute atomic E-state index is 11.5. The van der Waals surface area contributed by atoms with Crippen LogP contribution in [0.1, 0.15) is 38.5 Å². The third-order valence-corrected chi connectivity index (χ3v) is 3.36. The Morgan fingerprint density at radius 3 is 2.25 bits per heavy atom. The van der Waals surface area contributed by atoms with Gasteiger partial charge in [0.2, 0.25) is 0 Å². The summed E-state index contributed by atoms with van der Waals surface area (Å²) >= 11 is 0. The molecule has 0 aromatic rings. The molecule has 16 heavy (non-hydrogen) atoms. The van der Waals surface area contributed by atoms with Crippen molar-refractivity contribution in [1.29, 1.82) is 0 Å². The smallest absolute Gasteiger partial charge is 0.330 e. The molecule has 0 aromatic heterocycles. The molecule has 2 aliphatic rings. The molecule has 0 saturated heterocycles. The van der Waals surface area contributed by atoms with Gasteiger partial charge >= 0.3 is 5.97 Å². The van der Waals surface area contributed by atoms with Gasteiger partial charge in [-0.15, -0.1) is 0 Å². The van der Waals surface area contributed by atoms with Crippen LogP contribution in [0, 0.1) is 5.92 Å². The van der Waals surface area contributed by atoms with E-state index >= 15 is 0 Å². The Balaban J connectivity index is 1.67. The van der Waals surface area contributed by atoms with E-state index in [1.807, 2.05) is 6.08 Å². The number of carbonyl (C=O) groups is 1. The number of esters is 1. The van der Waals surface area contributed by atoms with Gasteiger partial charge in [-0.1, -0.05) is 6.08 Å². The number of rotatable bonds is 4. The van der Waals surface area contributed by atoms with Crippen molar-refractivity contribution in [3.8, 4) is 0 Å². The first-order valence-electron chi connectivity index (χ1n) is 6.19. The summed E-state index contributed by atoms with van der Waals surface area (Å²) in [6, 6.07) is 0. The maximum atomic E-state index is 11.5. The van der Waals surface area contributed by atoms with E-state index in [0.29, 0.717) is 12.0 Å². The second-order valence-corrected chi connectivity index (χ2v) is 4.77. The predicted octanol–water partition coefficient (Wildman–Crippen LogP) is 2.45. The van der Waals surface area contributed by atoms with Gasteiger partial charge in [0.1, 0.15) is 6.10 Å². The van der Waals surface area contributed by atoms with E-state index in [-0.39, 0.29) is 12.1 Å². The van der Waals surface area contributed by atoms with E-state index in [0.717, 1.165) is 25.7 Å². The molecule has 0 aromatic carbocycles. The summed E-state index contributed by atoms with van der Waals surface area (Å²) in [5.74, 6) is 0.463. The number of allylic oxidation sites excluding steroid dienone is 1. The van der Waals surface area contributed by atoms with Crippen molar-refractivity contribution in [2.24, 2.45) is 5.92 Å². The normalized spacial score (nSPS) is 30.6. The standard InChI is InChI=1S/C13H20O3/c1-15-11-5-7-12(8-6-11)16-13(14)9-4-10-2-3-10/h4,9-12H,2-3,5-8H2,1H3/b9-4+. The maximum Gasteiger partial charge on any atom is 0.330 e. The van der Waals surface area contributed by atoms with E-state index in [9.17, 15) is 4.79 Å². The van der Waals surface area contributed by atoms with Crippen molar-refractivity contribution in [2.45, 2.75) is 50.7 Å². The Morgan fingerprint density at radius 2 is 1.69 bits per heavy atom. The quantitative estimate of drug-likeness (QED) is 0.543. The van der Waals surface area contributed by atoms with E-state index in [4.69, 9.17) is 9.47 Å². The number of ether oxygens (including phenoxy) is 2. The first-order chi connectivity index (χ1) is 7.78. The predicted molar refractivity (Wildman–Crippen MR) is 61.0 cm³/mol. The SMILES string of the molecule is COC1CCC(OC(=O)/C=C/C2CC2)CC1. The van der Waals surface area contributed by atoms with Gasteiger partial charge in [-0.2, -0.15) is 0 Å². The lowest BCUT2D eigenvalue weighted by Gasteiger charge is -2.26. The minimum atomic E-state index is -0.173. The number of methoxy groups -OCH3 is 1. The summed E-state index contributed by atoms with van der Waals surface area (Å²) in [5, 5.41) is 0. The molecule has 0 bridgehead atoms. The van der Waals surface area contributed by atoms with Gasteiger partial charge in [-0.25, -0.2) is 4.79 Å². The molecular weight excluding hydrogens is 204 g/mol. The van der Waals surface area contributed by atoms with Crippen LogP contribution in [0.3, 0.4) is 0 Å². The molecule has 2 rings (SSSR count). The first kappa shape index (κ1) is 11.6. The largest absolute Gasteiger partial charge is 0.459 e. The summed E-state index contributed by atoms with van der Waals surface area (Å²) in [6.07, 6.45) is 10.3. The highest BCUT2D eigenvalue weighted by molar-refractivity contribution is 5.82. The molecule has 0 amide bonds. The third kappa shape index (κ3) is 3.63. The Morgan fingerprint density at radius 1 is 1.06 bits per heavy atom. The zero-order valence-electron chi connectivity index (χ0n) is 9.85. The second kappa shape index (κ2) is 5.48. The number of carbonyl (C=O) groups excluding carboxylic acids is 1. The van der Waals surface area contributed by atoms with Crippen molar-refractivity contribution >= 4 is 5.97 Å². The fraction of sp³-hybridized carbons (Fsp3) is 0.769. The molecule has 90 valence electrons. The Bertz CT molecular complexity index is 260. The lowest BCUT2D eigenvalue weighted by Crippen LogP contribution is -2.27. The van der Waals surface area contributed by atoms with Crippen molar-refractivity contribution < 1.29 is 14.3 Å². The molecule has 0 unspecified atom stereocenters. The molecule has 3 heteroatoms. The molecular formula is C13H20O3. The van der Waals surface area contributed by atoms with Gasteiger partial charge in [0.15, 0.2) is 0 Å². The highest BCUT2D eigenvalue weighted by atomic mass is 16.5. The van der Waals surface area contributed by atoms with Gasteiger partial charge in [-0.3, -0.25) is 0 Å². The van der Waals surface area contributed by atoms with Crippen molar-refractivity contribution in [1.82, 2.24) is 0 Å². The molecule has 2 aliphatic carbocycles. The van der Waals surface area contributed by atoms with Crippen LogP contribution in [0.15, 0.2) is 12.2 Å². The summed E-state index contributed by atoms with van der Waals surface area (Å²) < 4.78 is 10.7. The van der Waals surface area contributed by atoms with Crippen LogP contribution in [-0.4, -0.2) is 25.3 Å². The lowest BCUT2D eigenvalue weighted by molar-refractivity contribution is -0.145. The van der Waals surface area contributed by atoms with Gasteiger partial charge in [0.05, 0.1) is 6.10 Å². The fourth-order valence-corrected chi connectivity index (χ4v) is 2.09. The van der Waals surface area contributed by atoms with Crippen molar-refractivity contribution in [3.05, 3.63) is 12.2 Å². The Hall–Kier alpha value is -0.830. The van der Waals surface area contributed by atoms with Crippen LogP contribution in [0.2, 0.25) is 0 Å². The molecule has 0 N–H and O–H groups in total. The average molecular weight is 224 g/mol. The first-order valence-corrected chi connectivity index (χ1v) is 6.19.